The predicted octanol–water partition coefficient (Wildman–Crippen LogP) is 4.58. The van der Waals surface area contributed by atoms with Crippen molar-refractivity contribution in [2.45, 2.75) is 45.8 Å². The lowest BCUT2D eigenvalue weighted by atomic mass is 9.88. The Morgan fingerprint density at radius 2 is 1.65 bits per heavy atom. The Hall–Kier alpha value is -2.62. The van der Waals surface area contributed by atoms with Crippen molar-refractivity contribution in [3.63, 3.8) is 0 Å². The number of ether oxygens (including phenoxy) is 1. The summed E-state index contributed by atoms with van der Waals surface area (Å²) in [6, 6.07) is 19.7. The topological polar surface area (TPSA) is 41.9 Å². The van der Waals surface area contributed by atoms with Gasteiger partial charge in [0.05, 0.1) is 18.2 Å². The molecule has 0 spiro atoms. The molecule has 0 radical (unpaired) electrons. The average molecular weight is 350 g/mol. The van der Waals surface area contributed by atoms with E-state index in [1.54, 1.807) is 4.90 Å². The molecule has 1 amide bonds. The number of para-hydroxylation sites is 1. The van der Waals surface area contributed by atoms with Gasteiger partial charge in [-0.05, 0) is 37.5 Å². The number of carbonyl (C=O) groups excluding carboxylic acids is 1. The lowest BCUT2D eigenvalue weighted by Gasteiger charge is -2.31. The standard InChI is InChI=1S/C22H26N2O2/c1-16(2)20-22(3,4)26-21(23-18-13-9-6-10-14-18)24(20)19(25)15-17-11-7-5-8-12-17/h5-14,16,20H,15H2,1-4H3/t20-/m0/s1. The fraction of sp³-hybridized carbons (Fsp3) is 0.364. The highest BCUT2D eigenvalue weighted by atomic mass is 16.5. The minimum absolute atomic E-state index is 0.00940. The number of amides is 1. The van der Waals surface area contributed by atoms with Gasteiger partial charge in [0.25, 0.3) is 6.02 Å². The van der Waals surface area contributed by atoms with Gasteiger partial charge in [-0.15, -0.1) is 0 Å². The highest BCUT2D eigenvalue weighted by molar-refractivity contribution is 5.98. The first kappa shape index (κ1) is 18.2. The van der Waals surface area contributed by atoms with Gasteiger partial charge in [0.2, 0.25) is 5.91 Å². The van der Waals surface area contributed by atoms with Gasteiger partial charge >= 0.3 is 0 Å². The summed E-state index contributed by atoms with van der Waals surface area (Å²) in [5, 5.41) is 0. The number of nitrogens with zero attached hydrogens (tertiary/aromatic N) is 2. The van der Waals surface area contributed by atoms with Crippen molar-refractivity contribution in [2.24, 2.45) is 10.9 Å². The van der Waals surface area contributed by atoms with Gasteiger partial charge in [-0.2, -0.15) is 4.99 Å². The smallest absolute Gasteiger partial charge is 0.300 e. The molecular formula is C22H26N2O2. The Kier molecular flexibility index (Phi) is 5.12. The summed E-state index contributed by atoms with van der Waals surface area (Å²) in [5.41, 5.74) is 1.28. The molecule has 1 fully saturated rings. The van der Waals surface area contributed by atoms with E-state index in [4.69, 9.17) is 4.74 Å². The molecule has 1 aliphatic heterocycles. The maximum absolute atomic E-state index is 13.2. The van der Waals surface area contributed by atoms with E-state index < -0.39 is 5.60 Å². The normalized spacial score (nSPS) is 20.4. The van der Waals surface area contributed by atoms with Crippen LogP contribution in [0.3, 0.4) is 0 Å². The van der Waals surface area contributed by atoms with Crippen molar-refractivity contribution < 1.29 is 9.53 Å². The van der Waals surface area contributed by atoms with E-state index in [-0.39, 0.29) is 17.9 Å². The van der Waals surface area contributed by atoms with Crippen LogP contribution in [-0.4, -0.2) is 28.5 Å². The molecule has 1 heterocycles. The van der Waals surface area contributed by atoms with Gasteiger partial charge in [0, 0.05) is 0 Å². The van der Waals surface area contributed by atoms with Crippen LogP contribution in [0.2, 0.25) is 0 Å². The molecular weight excluding hydrogens is 324 g/mol. The summed E-state index contributed by atoms with van der Waals surface area (Å²) in [4.78, 5) is 19.6. The third-order valence-corrected chi connectivity index (χ3v) is 4.63. The lowest BCUT2D eigenvalue weighted by molar-refractivity contribution is -0.129. The minimum atomic E-state index is -0.492. The SMILES string of the molecule is CC(C)[C@@H]1N(C(=O)Cc2ccccc2)C(=Nc2ccccc2)OC1(C)C. The fourth-order valence-corrected chi connectivity index (χ4v) is 3.68. The molecule has 2 aromatic rings. The van der Waals surface area contributed by atoms with Gasteiger partial charge in [-0.25, -0.2) is 0 Å². The number of rotatable bonds is 4. The molecule has 0 N–H and O–H groups in total. The third-order valence-electron chi connectivity index (χ3n) is 4.63. The van der Waals surface area contributed by atoms with Crippen LogP contribution in [0.1, 0.15) is 33.3 Å². The van der Waals surface area contributed by atoms with Crippen LogP contribution in [0.5, 0.6) is 0 Å². The molecule has 0 unspecified atom stereocenters. The maximum atomic E-state index is 13.2. The Morgan fingerprint density at radius 3 is 2.23 bits per heavy atom. The van der Waals surface area contributed by atoms with Crippen LogP contribution in [0.25, 0.3) is 0 Å². The zero-order valence-corrected chi connectivity index (χ0v) is 15.8. The van der Waals surface area contributed by atoms with Crippen LogP contribution < -0.4 is 0 Å². The first-order valence-electron chi connectivity index (χ1n) is 9.07. The van der Waals surface area contributed by atoms with Gasteiger partial charge in [0.15, 0.2) is 0 Å². The summed E-state index contributed by atoms with van der Waals surface area (Å²) < 4.78 is 6.15. The van der Waals surface area contributed by atoms with E-state index in [1.807, 2.05) is 74.5 Å². The van der Waals surface area contributed by atoms with Crippen LogP contribution in [0.4, 0.5) is 5.69 Å². The molecule has 1 saturated heterocycles. The summed E-state index contributed by atoms with van der Waals surface area (Å²) in [6.45, 7) is 8.27. The number of hydrogen-bond acceptors (Lipinski definition) is 3. The Bertz CT molecular complexity index is 782. The first-order valence-corrected chi connectivity index (χ1v) is 9.07. The Morgan fingerprint density at radius 1 is 1.08 bits per heavy atom. The molecule has 2 aromatic carbocycles. The van der Waals surface area contributed by atoms with E-state index in [0.29, 0.717) is 12.4 Å². The average Bonchev–Trinajstić information content (AvgIpc) is 2.87. The number of benzene rings is 2. The Balaban J connectivity index is 1.97. The van der Waals surface area contributed by atoms with E-state index >= 15 is 0 Å². The highest BCUT2D eigenvalue weighted by Gasteiger charge is 2.50. The van der Waals surface area contributed by atoms with Crippen molar-refractivity contribution in [2.75, 3.05) is 0 Å². The molecule has 0 bridgehead atoms. The minimum Gasteiger partial charge on any atom is -0.456 e. The molecule has 4 nitrogen and oxygen atoms in total. The van der Waals surface area contributed by atoms with Crippen LogP contribution in [-0.2, 0) is 16.0 Å². The van der Waals surface area contributed by atoms with Crippen LogP contribution >= 0.6 is 0 Å². The molecule has 26 heavy (non-hydrogen) atoms. The number of aliphatic imine (C=N–C) groups is 1. The van der Waals surface area contributed by atoms with Crippen LogP contribution in [0.15, 0.2) is 65.7 Å². The number of amidine groups is 1. The van der Waals surface area contributed by atoms with Crippen LogP contribution in [0, 0.1) is 5.92 Å². The second kappa shape index (κ2) is 7.32. The molecule has 4 heteroatoms. The van der Waals surface area contributed by atoms with Gasteiger partial charge < -0.3 is 4.74 Å². The molecule has 0 aliphatic carbocycles. The summed E-state index contributed by atoms with van der Waals surface area (Å²) in [6.07, 6.45) is 0.331. The van der Waals surface area contributed by atoms with Gasteiger partial charge in [-0.1, -0.05) is 62.4 Å². The first-order chi connectivity index (χ1) is 12.4. The molecule has 1 aliphatic rings. The Labute approximate surface area is 155 Å². The molecule has 0 aromatic heterocycles. The van der Waals surface area contributed by atoms with Gasteiger partial charge in [-0.3, -0.25) is 9.69 Å². The van der Waals surface area contributed by atoms with E-state index in [9.17, 15) is 4.79 Å². The summed E-state index contributed by atoms with van der Waals surface area (Å²) in [7, 11) is 0. The zero-order valence-electron chi connectivity index (χ0n) is 15.8. The van der Waals surface area contributed by atoms with Crippen molar-refractivity contribution >= 4 is 17.6 Å². The van der Waals surface area contributed by atoms with Crippen molar-refractivity contribution in [1.29, 1.82) is 0 Å². The maximum Gasteiger partial charge on any atom is 0.300 e. The van der Waals surface area contributed by atoms with Crippen molar-refractivity contribution in [1.82, 2.24) is 4.90 Å². The summed E-state index contributed by atoms with van der Waals surface area (Å²) in [5.74, 6) is 0.253. The number of carbonyl (C=O) groups is 1. The highest BCUT2D eigenvalue weighted by Crippen LogP contribution is 2.35. The van der Waals surface area contributed by atoms with Gasteiger partial charge in [0.1, 0.15) is 5.60 Å². The predicted molar refractivity (Wildman–Crippen MR) is 104 cm³/mol. The monoisotopic (exact) mass is 350 g/mol. The second-order valence-electron chi connectivity index (χ2n) is 7.55. The molecule has 3 rings (SSSR count). The zero-order chi connectivity index (χ0) is 18.7. The van der Waals surface area contributed by atoms with E-state index in [0.717, 1.165) is 11.3 Å². The summed E-state index contributed by atoms with van der Waals surface area (Å²) >= 11 is 0. The molecule has 0 saturated carbocycles. The quantitative estimate of drug-likeness (QED) is 0.810. The fourth-order valence-electron chi connectivity index (χ4n) is 3.68. The van der Waals surface area contributed by atoms with Crippen molar-refractivity contribution in [3.05, 3.63) is 66.2 Å². The molecule has 136 valence electrons. The van der Waals surface area contributed by atoms with Crippen molar-refractivity contribution in [3.8, 4) is 0 Å². The van der Waals surface area contributed by atoms with E-state index in [1.165, 1.54) is 0 Å². The largest absolute Gasteiger partial charge is 0.456 e. The molecule has 1 atom stereocenters. The van der Waals surface area contributed by atoms with E-state index in [2.05, 4.69) is 18.8 Å². The third kappa shape index (κ3) is 3.79. The number of hydrogen-bond donors (Lipinski definition) is 0. The second-order valence-corrected chi connectivity index (χ2v) is 7.55. The lowest BCUT2D eigenvalue weighted by Crippen LogP contribution is -2.48.